The normalized spacial score (nSPS) is 26.5. The molecular formula is C11H21NO3. The van der Waals surface area contributed by atoms with Crippen molar-refractivity contribution in [2.45, 2.75) is 57.8 Å². The Morgan fingerprint density at radius 2 is 2.00 bits per heavy atom. The Morgan fingerprint density at radius 1 is 1.40 bits per heavy atom. The Labute approximate surface area is 91.2 Å². The first kappa shape index (κ1) is 12.3. The third-order valence-corrected chi connectivity index (χ3v) is 2.61. The highest BCUT2D eigenvalue weighted by Gasteiger charge is 2.30. The molecule has 0 radical (unpaired) electrons. The molecule has 1 aliphatic carbocycles. The molecule has 0 aromatic carbocycles. The molecule has 4 nitrogen and oxygen atoms in total. The molecule has 88 valence electrons. The lowest BCUT2D eigenvalue weighted by molar-refractivity contribution is 0.0217. The van der Waals surface area contributed by atoms with Gasteiger partial charge in [-0.15, -0.1) is 0 Å². The third-order valence-electron chi connectivity index (χ3n) is 2.61. The van der Waals surface area contributed by atoms with Crippen LogP contribution >= 0.6 is 0 Å². The quantitative estimate of drug-likeness (QED) is 0.725. The molecule has 1 amide bonds. The van der Waals surface area contributed by atoms with Crippen molar-refractivity contribution in [3.63, 3.8) is 0 Å². The first-order chi connectivity index (χ1) is 6.79. The highest BCUT2D eigenvalue weighted by molar-refractivity contribution is 5.68. The maximum atomic E-state index is 11.7. The third kappa shape index (κ3) is 3.70. The van der Waals surface area contributed by atoms with Crippen LogP contribution in [0.4, 0.5) is 4.79 Å². The van der Waals surface area contributed by atoms with Crippen LogP contribution in [0.2, 0.25) is 0 Å². The Kier molecular flexibility index (Phi) is 3.60. The maximum Gasteiger partial charge on any atom is 0.410 e. The van der Waals surface area contributed by atoms with Gasteiger partial charge in [0.05, 0.1) is 6.10 Å². The molecule has 0 unspecified atom stereocenters. The second kappa shape index (κ2) is 4.39. The number of hydrogen-bond donors (Lipinski definition) is 1. The monoisotopic (exact) mass is 215 g/mol. The minimum atomic E-state index is -0.456. The summed E-state index contributed by atoms with van der Waals surface area (Å²) < 4.78 is 5.25. The van der Waals surface area contributed by atoms with Crippen LogP contribution in [0.25, 0.3) is 0 Å². The van der Waals surface area contributed by atoms with Crippen molar-refractivity contribution in [2.24, 2.45) is 0 Å². The fraction of sp³-hybridized carbons (Fsp3) is 0.909. The summed E-state index contributed by atoms with van der Waals surface area (Å²) in [5, 5.41) is 9.38. The first-order valence-corrected chi connectivity index (χ1v) is 5.43. The molecule has 1 saturated carbocycles. The van der Waals surface area contributed by atoms with Gasteiger partial charge in [-0.1, -0.05) is 0 Å². The molecular weight excluding hydrogens is 194 g/mol. The van der Waals surface area contributed by atoms with Crippen molar-refractivity contribution in [2.75, 3.05) is 7.05 Å². The summed E-state index contributed by atoms with van der Waals surface area (Å²) in [6.45, 7) is 5.55. The molecule has 0 aliphatic heterocycles. The van der Waals surface area contributed by atoms with E-state index in [9.17, 15) is 9.90 Å². The molecule has 0 spiro atoms. The van der Waals surface area contributed by atoms with Gasteiger partial charge in [0.15, 0.2) is 0 Å². The van der Waals surface area contributed by atoms with Gasteiger partial charge >= 0.3 is 6.09 Å². The van der Waals surface area contributed by atoms with Crippen molar-refractivity contribution in [3.8, 4) is 0 Å². The van der Waals surface area contributed by atoms with Crippen LogP contribution in [0, 0.1) is 0 Å². The van der Waals surface area contributed by atoms with E-state index in [1.54, 1.807) is 11.9 Å². The van der Waals surface area contributed by atoms with E-state index in [-0.39, 0.29) is 18.2 Å². The van der Waals surface area contributed by atoms with Gasteiger partial charge in [-0.05, 0) is 40.0 Å². The number of amides is 1. The molecule has 0 bridgehead atoms. The molecule has 1 rings (SSSR count). The average Bonchev–Trinajstić information content (AvgIpc) is 2.47. The molecule has 0 aromatic heterocycles. The second-order valence-corrected chi connectivity index (χ2v) is 5.21. The Balaban J connectivity index is 2.46. The molecule has 1 fully saturated rings. The molecule has 1 N–H and O–H groups in total. The number of aliphatic hydroxyl groups is 1. The highest BCUT2D eigenvalue weighted by atomic mass is 16.6. The maximum absolute atomic E-state index is 11.7. The van der Waals surface area contributed by atoms with E-state index < -0.39 is 5.60 Å². The van der Waals surface area contributed by atoms with Crippen molar-refractivity contribution in [3.05, 3.63) is 0 Å². The van der Waals surface area contributed by atoms with Gasteiger partial charge < -0.3 is 14.7 Å². The first-order valence-electron chi connectivity index (χ1n) is 5.43. The number of hydrogen-bond acceptors (Lipinski definition) is 3. The van der Waals surface area contributed by atoms with Crippen LogP contribution in [0.15, 0.2) is 0 Å². The van der Waals surface area contributed by atoms with E-state index in [4.69, 9.17) is 4.74 Å². The van der Waals surface area contributed by atoms with E-state index in [0.717, 1.165) is 12.8 Å². The van der Waals surface area contributed by atoms with Gasteiger partial charge in [-0.3, -0.25) is 0 Å². The highest BCUT2D eigenvalue weighted by Crippen LogP contribution is 2.24. The van der Waals surface area contributed by atoms with Gasteiger partial charge in [0.1, 0.15) is 5.60 Å². The van der Waals surface area contributed by atoms with Crippen LogP contribution in [0.3, 0.4) is 0 Å². The average molecular weight is 215 g/mol. The molecule has 0 heterocycles. The van der Waals surface area contributed by atoms with Crippen molar-refractivity contribution in [1.82, 2.24) is 4.90 Å². The number of nitrogens with zero attached hydrogens (tertiary/aromatic N) is 1. The van der Waals surface area contributed by atoms with Crippen LogP contribution < -0.4 is 0 Å². The van der Waals surface area contributed by atoms with Gasteiger partial charge in [0, 0.05) is 13.1 Å². The lowest BCUT2D eigenvalue weighted by Crippen LogP contribution is -2.39. The number of ether oxygens (including phenoxy) is 1. The number of carbonyl (C=O) groups is 1. The topological polar surface area (TPSA) is 49.8 Å². The molecule has 15 heavy (non-hydrogen) atoms. The second-order valence-electron chi connectivity index (χ2n) is 5.21. The predicted molar refractivity (Wildman–Crippen MR) is 57.6 cm³/mol. The lowest BCUT2D eigenvalue weighted by atomic mass is 10.2. The minimum absolute atomic E-state index is 0.120. The zero-order chi connectivity index (χ0) is 11.6. The van der Waals surface area contributed by atoms with E-state index >= 15 is 0 Å². The molecule has 0 aromatic rings. The number of carbonyl (C=O) groups excluding carboxylic acids is 1. The summed E-state index contributed by atoms with van der Waals surface area (Å²) in [6.07, 6.45) is 1.73. The predicted octanol–water partition coefficient (Wildman–Crippen LogP) is 1.77. The Morgan fingerprint density at radius 3 is 2.40 bits per heavy atom. The molecule has 2 atom stereocenters. The fourth-order valence-corrected chi connectivity index (χ4v) is 1.77. The summed E-state index contributed by atoms with van der Waals surface area (Å²) in [7, 11) is 1.73. The van der Waals surface area contributed by atoms with E-state index in [0.29, 0.717) is 6.42 Å². The Bertz CT molecular complexity index is 234. The van der Waals surface area contributed by atoms with E-state index in [1.165, 1.54) is 0 Å². The van der Waals surface area contributed by atoms with Gasteiger partial charge in [-0.25, -0.2) is 4.79 Å². The number of aliphatic hydroxyl groups excluding tert-OH is 1. The van der Waals surface area contributed by atoms with Crippen molar-refractivity contribution in [1.29, 1.82) is 0 Å². The van der Waals surface area contributed by atoms with Crippen LogP contribution in [0.1, 0.15) is 40.0 Å². The molecule has 0 saturated heterocycles. The van der Waals surface area contributed by atoms with Gasteiger partial charge in [0.2, 0.25) is 0 Å². The Hall–Kier alpha value is -0.770. The van der Waals surface area contributed by atoms with Crippen molar-refractivity contribution >= 4 is 6.09 Å². The summed E-state index contributed by atoms with van der Waals surface area (Å²) in [5.74, 6) is 0. The summed E-state index contributed by atoms with van der Waals surface area (Å²) in [6, 6.07) is 0.120. The molecule has 4 heteroatoms. The number of rotatable bonds is 1. The lowest BCUT2D eigenvalue weighted by Gasteiger charge is -2.28. The summed E-state index contributed by atoms with van der Waals surface area (Å²) >= 11 is 0. The van der Waals surface area contributed by atoms with Gasteiger partial charge in [0.25, 0.3) is 0 Å². The minimum Gasteiger partial charge on any atom is -0.444 e. The van der Waals surface area contributed by atoms with Crippen molar-refractivity contribution < 1.29 is 14.6 Å². The largest absolute Gasteiger partial charge is 0.444 e. The summed E-state index contributed by atoms with van der Waals surface area (Å²) in [5.41, 5.74) is -0.456. The standard InChI is InChI=1S/C11H21NO3/c1-11(2,3)15-10(14)12(4)8-5-6-9(13)7-8/h8-9,13H,5-7H2,1-4H3/t8-,9+/m0/s1. The fourth-order valence-electron chi connectivity index (χ4n) is 1.77. The summed E-state index contributed by atoms with van der Waals surface area (Å²) in [4.78, 5) is 13.3. The van der Waals surface area contributed by atoms with Gasteiger partial charge in [-0.2, -0.15) is 0 Å². The van der Waals surface area contributed by atoms with E-state index in [2.05, 4.69) is 0 Å². The zero-order valence-corrected chi connectivity index (χ0v) is 9.99. The van der Waals surface area contributed by atoms with Crippen LogP contribution in [0.5, 0.6) is 0 Å². The smallest absolute Gasteiger partial charge is 0.410 e. The SMILES string of the molecule is CN(C(=O)OC(C)(C)C)[C@H]1CC[C@@H](O)C1. The molecule has 1 aliphatic rings. The van der Waals surface area contributed by atoms with E-state index in [1.807, 2.05) is 20.8 Å². The zero-order valence-electron chi connectivity index (χ0n) is 9.99. The van der Waals surface area contributed by atoms with Crippen LogP contribution in [-0.2, 0) is 4.74 Å². The van der Waals surface area contributed by atoms with Crippen LogP contribution in [-0.4, -0.2) is 40.9 Å².